The first-order valence-corrected chi connectivity index (χ1v) is 11.6. The van der Waals surface area contributed by atoms with Crippen LogP contribution in [0, 0.1) is 0 Å². The maximum absolute atomic E-state index is 5.00. The number of para-hydroxylation sites is 2. The molecule has 4 rings (SSSR count). The average molecular weight is 411 g/mol. The third-order valence-electron chi connectivity index (χ3n) is 4.64. The molecule has 0 amide bonds. The van der Waals surface area contributed by atoms with Gasteiger partial charge in [0.15, 0.2) is 10.0 Å². The highest BCUT2D eigenvalue weighted by Gasteiger charge is 2.22. The van der Waals surface area contributed by atoms with E-state index in [9.17, 15) is 0 Å². The van der Waals surface area contributed by atoms with Gasteiger partial charge in [0.1, 0.15) is 0 Å². The van der Waals surface area contributed by atoms with Gasteiger partial charge in [-0.25, -0.2) is 9.97 Å². The van der Waals surface area contributed by atoms with Gasteiger partial charge in [-0.2, -0.15) is 0 Å². The first-order valence-electron chi connectivity index (χ1n) is 9.95. The summed E-state index contributed by atoms with van der Waals surface area (Å²) in [6.45, 7) is 17.5. The Morgan fingerprint density at radius 2 is 0.964 bits per heavy atom. The molecular weight excluding hydrogens is 380 g/mol. The third-order valence-corrected chi connectivity index (χ3v) is 6.82. The van der Waals surface area contributed by atoms with Gasteiger partial charge in [0, 0.05) is 0 Å². The second-order valence-electron chi connectivity index (χ2n) is 8.84. The molecule has 0 atom stereocenters. The van der Waals surface area contributed by atoms with Crippen LogP contribution in [0.15, 0.2) is 36.4 Å². The molecule has 2 nitrogen and oxygen atoms in total. The minimum Gasteiger partial charge on any atom is -0.233 e. The average Bonchev–Trinajstić information content (AvgIpc) is 3.24. The van der Waals surface area contributed by atoms with E-state index in [0.29, 0.717) is 0 Å². The number of nitrogens with zero attached hydrogens (tertiary/aromatic N) is 2. The molecule has 0 spiro atoms. The number of benzene rings is 2. The molecule has 0 N–H and O–H groups in total. The van der Waals surface area contributed by atoms with Crippen molar-refractivity contribution in [1.82, 2.24) is 9.97 Å². The maximum Gasteiger partial charge on any atom is 0.153 e. The maximum atomic E-state index is 5.00. The van der Waals surface area contributed by atoms with E-state index >= 15 is 0 Å². The fourth-order valence-electron chi connectivity index (χ4n) is 3.29. The normalized spacial score (nSPS) is 12.3. The summed E-state index contributed by atoms with van der Waals surface area (Å²) in [6, 6.07) is 13.0. The smallest absolute Gasteiger partial charge is 0.153 e. The second-order valence-corrected chi connectivity index (χ2v) is 10.9. The Bertz CT molecular complexity index is 1020. The van der Waals surface area contributed by atoms with Crippen LogP contribution in [0.1, 0.15) is 66.5 Å². The zero-order valence-electron chi connectivity index (χ0n) is 18.2. The number of hydrogen-bond donors (Lipinski definition) is 0. The summed E-state index contributed by atoms with van der Waals surface area (Å²) >= 11 is 3.49. The van der Waals surface area contributed by atoms with Gasteiger partial charge in [-0.15, -0.1) is 22.7 Å². The standard InChI is InChI=1S/C22H24N2S2.C2H6/c1-21(2,3)13-9-7-11-15-17(13)23-19(25-15)20-24-18-14(22(4,5)6)10-8-12-16(18)26-20;1-2/h7-12H,1-6H3;1-2H3. The Morgan fingerprint density at radius 3 is 1.29 bits per heavy atom. The molecule has 4 aromatic rings. The summed E-state index contributed by atoms with van der Waals surface area (Å²) in [5.74, 6) is 0. The van der Waals surface area contributed by atoms with E-state index < -0.39 is 0 Å². The van der Waals surface area contributed by atoms with Crippen LogP contribution in [-0.2, 0) is 10.8 Å². The van der Waals surface area contributed by atoms with Crippen LogP contribution in [0.2, 0.25) is 0 Å². The van der Waals surface area contributed by atoms with E-state index in [1.54, 1.807) is 22.7 Å². The van der Waals surface area contributed by atoms with Gasteiger partial charge in [-0.3, -0.25) is 0 Å². The van der Waals surface area contributed by atoms with Crippen LogP contribution in [0.5, 0.6) is 0 Å². The van der Waals surface area contributed by atoms with Crippen molar-refractivity contribution in [3.8, 4) is 10.0 Å². The summed E-state index contributed by atoms with van der Waals surface area (Å²) in [5, 5.41) is 2.05. The first-order chi connectivity index (χ1) is 13.1. The molecule has 0 saturated heterocycles. The lowest BCUT2D eigenvalue weighted by molar-refractivity contribution is 0.594. The van der Waals surface area contributed by atoms with Gasteiger partial charge in [0.05, 0.1) is 20.4 Å². The summed E-state index contributed by atoms with van der Waals surface area (Å²) in [5.41, 5.74) is 5.00. The van der Waals surface area contributed by atoms with E-state index in [2.05, 4.69) is 77.9 Å². The number of hydrogen-bond acceptors (Lipinski definition) is 4. The fourth-order valence-corrected chi connectivity index (χ4v) is 5.29. The third kappa shape index (κ3) is 3.85. The molecule has 0 saturated carbocycles. The molecule has 2 aromatic carbocycles. The topological polar surface area (TPSA) is 25.8 Å². The summed E-state index contributed by atoms with van der Waals surface area (Å²) < 4.78 is 2.48. The van der Waals surface area contributed by atoms with Crippen molar-refractivity contribution in [2.75, 3.05) is 0 Å². The molecule has 4 heteroatoms. The SMILES string of the molecule is CC.CC(C)(C)c1cccc2sc(-c3nc4c(C(C)(C)C)cccc4s3)nc12. The Hall–Kier alpha value is -1.78. The van der Waals surface area contributed by atoms with Crippen LogP contribution >= 0.6 is 22.7 Å². The molecule has 0 radical (unpaired) electrons. The van der Waals surface area contributed by atoms with Gasteiger partial charge in [0.25, 0.3) is 0 Å². The van der Waals surface area contributed by atoms with Gasteiger partial charge in [-0.05, 0) is 34.1 Å². The zero-order chi connectivity index (χ0) is 20.7. The lowest BCUT2D eigenvalue weighted by Gasteiger charge is -2.19. The first kappa shape index (κ1) is 20.9. The molecule has 0 bridgehead atoms. The molecule has 28 heavy (non-hydrogen) atoms. The van der Waals surface area contributed by atoms with Crippen molar-refractivity contribution in [3.63, 3.8) is 0 Å². The van der Waals surface area contributed by atoms with Gasteiger partial charge >= 0.3 is 0 Å². The molecule has 2 heterocycles. The molecule has 0 unspecified atom stereocenters. The molecule has 148 valence electrons. The van der Waals surface area contributed by atoms with Gasteiger partial charge in [-0.1, -0.05) is 79.7 Å². The van der Waals surface area contributed by atoms with E-state index in [1.807, 2.05) is 13.8 Å². The number of aromatic nitrogens is 2. The summed E-state index contributed by atoms with van der Waals surface area (Å²) in [4.78, 5) is 10.0. The Morgan fingerprint density at radius 1 is 0.607 bits per heavy atom. The lowest BCUT2D eigenvalue weighted by atomic mass is 9.86. The molecule has 0 aliphatic carbocycles. The number of rotatable bonds is 1. The van der Waals surface area contributed by atoms with Crippen molar-refractivity contribution in [2.45, 2.75) is 66.2 Å². The van der Waals surface area contributed by atoms with Crippen LogP contribution in [0.25, 0.3) is 30.4 Å². The van der Waals surface area contributed by atoms with Gasteiger partial charge in [0.2, 0.25) is 0 Å². The molecule has 0 aliphatic rings. The Labute approximate surface area is 176 Å². The predicted molar refractivity (Wildman–Crippen MR) is 127 cm³/mol. The monoisotopic (exact) mass is 410 g/mol. The largest absolute Gasteiger partial charge is 0.233 e. The minimum absolute atomic E-state index is 0.0812. The molecular formula is C24H30N2S2. The minimum atomic E-state index is 0.0812. The van der Waals surface area contributed by atoms with E-state index in [-0.39, 0.29) is 10.8 Å². The summed E-state index contributed by atoms with van der Waals surface area (Å²) in [7, 11) is 0. The quantitative estimate of drug-likeness (QED) is 0.316. The van der Waals surface area contributed by atoms with Crippen molar-refractivity contribution in [3.05, 3.63) is 47.5 Å². The highest BCUT2D eigenvalue weighted by Crippen LogP contribution is 2.40. The molecule has 0 fully saturated rings. The molecule has 2 aromatic heterocycles. The highest BCUT2D eigenvalue weighted by molar-refractivity contribution is 7.27. The van der Waals surface area contributed by atoms with Crippen molar-refractivity contribution >= 4 is 43.1 Å². The lowest BCUT2D eigenvalue weighted by Crippen LogP contribution is -2.11. The van der Waals surface area contributed by atoms with Crippen LogP contribution < -0.4 is 0 Å². The molecule has 0 aliphatic heterocycles. The van der Waals surface area contributed by atoms with Crippen LogP contribution in [-0.4, -0.2) is 9.97 Å². The van der Waals surface area contributed by atoms with E-state index in [0.717, 1.165) is 21.0 Å². The van der Waals surface area contributed by atoms with E-state index in [4.69, 9.17) is 9.97 Å². The van der Waals surface area contributed by atoms with Crippen molar-refractivity contribution < 1.29 is 0 Å². The van der Waals surface area contributed by atoms with Gasteiger partial charge < -0.3 is 0 Å². The van der Waals surface area contributed by atoms with E-state index in [1.165, 1.54) is 20.5 Å². The Kier molecular flexibility index (Phi) is 5.66. The van der Waals surface area contributed by atoms with Crippen LogP contribution in [0.3, 0.4) is 0 Å². The fraction of sp³-hybridized carbons (Fsp3) is 0.417. The number of thiazole rings is 2. The highest BCUT2D eigenvalue weighted by atomic mass is 32.1. The Balaban J connectivity index is 0.00000109. The van der Waals surface area contributed by atoms with Crippen molar-refractivity contribution in [2.24, 2.45) is 0 Å². The second kappa shape index (κ2) is 7.57. The zero-order valence-corrected chi connectivity index (χ0v) is 19.8. The van der Waals surface area contributed by atoms with Crippen molar-refractivity contribution in [1.29, 1.82) is 0 Å². The number of fused-ring (bicyclic) bond motifs is 2. The summed E-state index contributed by atoms with van der Waals surface area (Å²) in [6.07, 6.45) is 0. The van der Waals surface area contributed by atoms with Crippen LogP contribution in [0.4, 0.5) is 0 Å². The predicted octanol–water partition coefficient (Wildman–Crippen LogP) is 8.19.